The highest BCUT2D eigenvalue weighted by atomic mass is 19.3. The predicted molar refractivity (Wildman–Crippen MR) is 80.4 cm³/mol. The van der Waals surface area contributed by atoms with Crippen molar-refractivity contribution in [2.45, 2.75) is 45.6 Å². The Hall–Kier alpha value is -1.55. The molecule has 1 atom stereocenters. The molecule has 0 amide bonds. The Kier molecular flexibility index (Phi) is 4.81. The molecule has 0 heterocycles. The van der Waals surface area contributed by atoms with Crippen LogP contribution in [-0.4, -0.2) is 11.3 Å². The number of hydrogen-bond donors (Lipinski definition) is 1. The SMILES string of the molecule is C=C/N=C(\c1cccc(C(C)(F)F)c1C)C(C)(N)CC. The number of halogens is 2. The maximum Gasteiger partial charge on any atom is 0.270 e. The Morgan fingerprint density at radius 1 is 1.40 bits per heavy atom. The van der Waals surface area contributed by atoms with Gasteiger partial charge in [0, 0.05) is 24.3 Å². The zero-order valence-electron chi connectivity index (χ0n) is 12.5. The summed E-state index contributed by atoms with van der Waals surface area (Å²) < 4.78 is 27.3. The van der Waals surface area contributed by atoms with Gasteiger partial charge in [-0.25, -0.2) is 8.78 Å². The van der Waals surface area contributed by atoms with Crippen LogP contribution in [0.3, 0.4) is 0 Å². The predicted octanol–water partition coefficient (Wildman–Crippen LogP) is 4.17. The quantitative estimate of drug-likeness (QED) is 0.808. The average molecular weight is 280 g/mol. The molecule has 0 bridgehead atoms. The van der Waals surface area contributed by atoms with Crippen LogP contribution in [0.5, 0.6) is 0 Å². The first kappa shape index (κ1) is 16.5. The topological polar surface area (TPSA) is 38.4 Å². The van der Waals surface area contributed by atoms with Crippen LogP contribution >= 0.6 is 0 Å². The molecule has 20 heavy (non-hydrogen) atoms. The Morgan fingerprint density at radius 3 is 2.45 bits per heavy atom. The summed E-state index contributed by atoms with van der Waals surface area (Å²) in [6, 6.07) is 4.82. The molecule has 0 aliphatic carbocycles. The molecule has 1 rings (SSSR count). The van der Waals surface area contributed by atoms with Crippen molar-refractivity contribution in [3.8, 4) is 0 Å². The first-order valence-electron chi connectivity index (χ1n) is 6.61. The van der Waals surface area contributed by atoms with E-state index in [1.54, 1.807) is 19.1 Å². The van der Waals surface area contributed by atoms with Crippen LogP contribution in [0.2, 0.25) is 0 Å². The molecule has 0 saturated heterocycles. The van der Waals surface area contributed by atoms with Gasteiger partial charge in [0.2, 0.25) is 0 Å². The van der Waals surface area contributed by atoms with E-state index in [1.807, 2.05) is 13.8 Å². The second-order valence-electron chi connectivity index (χ2n) is 5.30. The number of nitrogens with zero attached hydrogens (tertiary/aromatic N) is 1. The summed E-state index contributed by atoms with van der Waals surface area (Å²) in [5.74, 6) is -2.89. The summed E-state index contributed by atoms with van der Waals surface area (Å²) in [5, 5.41) is 0. The molecule has 0 fully saturated rings. The normalized spacial score (nSPS) is 15.8. The Bertz CT molecular complexity index is 526. The third-order valence-electron chi connectivity index (χ3n) is 3.56. The lowest BCUT2D eigenvalue weighted by Gasteiger charge is -2.27. The van der Waals surface area contributed by atoms with Gasteiger partial charge in [0.1, 0.15) is 0 Å². The fourth-order valence-electron chi connectivity index (χ4n) is 2.15. The van der Waals surface area contributed by atoms with Gasteiger partial charge in [0.25, 0.3) is 5.92 Å². The Labute approximate surface area is 119 Å². The molecule has 0 aliphatic heterocycles. The number of nitrogens with two attached hydrogens (primary N) is 1. The van der Waals surface area contributed by atoms with Crippen LogP contribution < -0.4 is 5.73 Å². The standard InChI is InChI=1S/C16H22F2N2/c1-6-15(4,19)14(20-7-2)12-9-8-10-13(11(12)3)16(5,17)18/h7-10H,2,6,19H2,1,3-5H3/b20-14+. The van der Waals surface area contributed by atoms with Crippen molar-refractivity contribution in [1.29, 1.82) is 0 Å². The zero-order chi connectivity index (χ0) is 15.6. The molecule has 0 aliphatic rings. The van der Waals surface area contributed by atoms with E-state index < -0.39 is 11.5 Å². The molecular formula is C16H22F2N2. The summed E-state index contributed by atoms with van der Waals surface area (Å²) in [7, 11) is 0. The van der Waals surface area contributed by atoms with E-state index >= 15 is 0 Å². The molecule has 1 unspecified atom stereocenters. The fourth-order valence-corrected chi connectivity index (χ4v) is 2.15. The van der Waals surface area contributed by atoms with E-state index in [1.165, 1.54) is 12.3 Å². The summed E-state index contributed by atoms with van der Waals surface area (Å²) in [6.45, 7) is 9.93. The van der Waals surface area contributed by atoms with Crippen LogP contribution in [0.1, 0.15) is 43.9 Å². The van der Waals surface area contributed by atoms with Crippen molar-refractivity contribution in [3.05, 3.63) is 47.7 Å². The van der Waals surface area contributed by atoms with Gasteiger partial charge in [-0.2, -0.15) is 0 Å². The number of hydrogen-bond acceptors (Lipinski definition) is 2. The van der Waals surface area contributed by atoms with E-state index in [0.29, 0.717) is 23.3 Å². The molecule has 0 aromatic heterocycles. The van der Waals surface area contributed by atoms with Gasteiger partial charge in [0.05, 0.1) is 11.3 Å². The number of alkyl halides is 2. The van der Waals surface area contributed by atoms with E-state index in [-0.39, 0.29) is 5.56 Å². The van der Waals surface area contributed by atoms with Gasteiger partial charge < -0.3 is 5.73 Å². The lowest BCUT2D eigenvalue weighted by molar-refractivity contribution is 0.0168. The van der Waals surface area contributed by atoms with Crippen LogP contribution in [0.4, 0.5) is 8.78 Å². The van der Waals surface area contributed by atoms with Gasteiger partial charge in [-0.15, -0.1) is 0 Å². The maximum absolute atomic E-state index is 13.6. The van der Waals surface area contributed by atoms with Crippen molar-refractivity contribution in [1.82, 2.24) is 0 Å². The molecule has 1 aromatic carbocycles. The molecule has 0 saturated carbocycles. The van der Waals surface area contributed by atoms with Crippen LogP contribution in [-0.2, 0) is 5.92 Å². The molecule has 110 valence electrons. The zero-order valence-corrected chi connectivity index (χ0v) is 12.5. The summed E-state index contributed by atoms with van der Waals surface area (Å²) in [5.41, 5.74) is 7.28. The summed E-state index contributed by atoms with van der Waals surface area (Å²) in [6.07, 6.45) is 2.04. The molecule has 4 heteroatoms. The van der Waals surface area contributed by atoms with Gasteiger partial charge in [0.15, 0.2) is 0 Å². The highest BCUT2D eigenvalue weighted by molar-refractivity contribution is 6.08. The van der Waals surface area contributed by atoms with Crippen LogP contribution in [0.25, 0.3) is 0 Å². The third kappa shape index (κ3) is 3.31. The Morgan fingerprint density at radius 2 is 2.00 bits per heavy atom. The second kappa shape index (κ2) is 5.83. The highest BCUT2D eigenvalue weighted by Crippen LogP contribution is 2.32. The minimum Gasteiger partial charge on any atom is -0.320 e. The highest BCUT2D eigenvalue weighted by Gasteiger charge is 2.31. The van der Waals surface area contributed by atoms with Crippen molar-refractivity contribution < 1.29 is 8.78 Å². The molecular weight excluding hydrogens is 258 g/mol. The minimum absolute atomic E-state index is 0.00124. The van der Waals surface area contributed by atoms with Crippen molar-refractivity contribution in [3.63, 3.8) is 0 Å². The third-order valence-corrected chi connectivity index (χ3v) is 3.56. The summed E-state index contributed by atoms with van der Waals surface area (Å²) in [4.78, 5) is 4.23. The van der Waals surface area contributed by atoms with Crippen LogP contribution in [0, 0.1) is 6.92 Å². The second-order valence-corrected chi connectivity index (χ2v) is 5.30. The molecule has 1 aromatic rings. The monoisotopic (exact) mass is 280 g/mol. The minimum atomic E-state index is -2.89. The molecule has 2 nitrogen and oxygen atoms in total. The fraction of sp³-hybridized carbons (Fsp3) is 0.438. The number of rotatable bonds is 5. The number of benzene rings is 1. The van der Waals surface area contributed by atoms with Crippen molar-refractivity contribution in [2.75, 3.05) is 0 Å². The molecule has 0 radical (unpaired) electrons. The van der Waals surface area contributed by atoms with Gasteiger partial charge >= 0.3 is 0 Å². The smallest absolute Gasteiger partial charge is 0.270 e. The lowest BCUT2D eigenvalue weighted by atomic mass is 9.85. The van der Waals surface area contributed by atoms with Crippen molar-refractivity contribution >= 4 is 5.71 Å². The van der Waals surface area contributed by atoms with Crippen molar-refractivity contribution in [2.24, 2.45) is 10.7 Å². The van der Waals surface area contributed by atoms with E-state index in [2.05, 4.69) is 11.6 Å². The van der Waals surface area contributed by atoms with Gasteiger partial charge in [-0.3, -0.25) is 4.99 Å². The largest absolute Gasteiger partial charge is 0.320 e. The van der Waals surface area contributed by atoms with Crippen LogP contribution in [0.15, 0.2) is 36.0 Å². The van der Waals surface area contributed by atoms with E-state index in [4.69, 9.17) is 5.73 Å². The van der Waals surface area contributed by atoms with Gasteiger partial charge in [-0.05, 0) is 25.8 Å². The van der Waals surface area contributed by atoms with E-state index in [9.17, 15) is 8.78 Å². The maximum atomic E-state index is 13.6. The first-order chi connectivity index (χ1) is 9.15. The molecule has 2 N–H and O–H groups in total. The molecule has 0 spiro atoms. The van der Waals surface area contributed by atoms with E-state index in [0.717, 1.165) is 6.92 Å². The van der Waals surface area contributed by atoms with Gasteiger partial charge in [-0.1, -0.05) is 31.7 Å². The first-order valence-corrected chi connectivity index (χ1v) is 6.61. The lowest BCUT2D eigenvalue weighted by Crippen LogP contribution is -2.45. The average Bonchev–Trinajstić information content (AvgIpc) is 2.35. The number of aliphatic imine (C=N–C) groups is 1. The summed E-state index contributed by atoms with van der Waals surface area (Å²) >= 11 is 0. The Balaban J connectivity index is 3.53.